The smallest absolute Gasteiger partial charge is 0.158 e. The fourth-order valence-electron chi connectivity index (χ4n) is 7.10. The third kappa shape index (κ3) is 10.1. The molecule has 0 spiro atoms. The summed E-state index contributed by atoms with van der Waals surface area (Å²) in [4.78, 5) is 15.0. The van der Waals surface area contributed by atoms with E-state index >= 15 is 0 Å². The van der Waals surface area contributed by atoms with Crippen LogP contribution < -0.4 is 0 Å². The van der Waals surface area contributed by atoms with Crippen LogP contribution >= 0.6 is 0 Å². The molecule has 0 radical (unpaired) electrons. The van der Waals surface area contributed by atoms with Gasteiger partial charge in [0.1, 0.15) is 6.61 Å². The van der Waals surface area contributed by atoms with Gasteiger partial charge in [-0.15, -0.1) is 0 Å². The molecule has 4 fully saturated rings. The van der Waals surface area contributed by atoms with Crippen LogP contribution in [0, 0.1) is 29.6 Å². The van der Waals surface area contributed by atoms with Gasteiger partial charge >= 0.3 is 0 Å². The lowest BCUT2D eigenvalue weighted by Gasteiger charge is -2.41. The van der Waals surface area contributed by atoms with Gasteiger partial charge in [-0.25, -0.2) is 0 Å². The zero-order valence-electron chi connectivity index (χ0n) is 23.6. The van der Waals surface area contributed by atoms with Crippen LogP contribution in [0.1, 0.15) is 117 Å². The highest BCUT2D eigenvalue weighted by Gasteiger charge is 2.33. The van der Waals surface area contributed by atoms with E-state index in [0.29, 0.717) is 24.4 Å². The Morgan fingerprint density at radius 2 is 1.69 bits per heavy atom. The Balaban J connectivity index is 0.000000429. The Bertz CT molecular complexity index is 580. The van der Waals surface area contributed by atoms with Crippen molar-refractivity contribution >= 4 is 5.78 Å². The van der Waals surface area contributed by atoms with E-state index < -0.39 is 0 Å². The molecule has 0 aromatic carbocycles. The van der Waals surface area contributed by atoms with Gasteiger partial charge in [0.2, 0.25) is 0 Å². The van der Waals surface area contributed by atoms with E-state index in [4.69, 9.17) is 9.47 Å². The summed E-state index contributed by atoms with van der Waals surface area (Å²) in [6.07, 6.45) is 19.8. The normalized spacial score (nSPS) is 34.5. The van der Waals surface area contributed by atoms with E-state index in [-0.39, 0.29) is 0 Å². The summed E-state index contributed by atoms with van der Waals surface area (Å²) < 4.78 is 10.9. The SMILES string of the molecule is CC1CCC(N2CCC(CC3CCC(=O)CO[C@H]4CCCC[C@@H]4C3)CC2)CC1.CCC(C)COC. The summed E-state index contributed by atoms with van der Waals surface area (Å²) in [5.41, 5.74) is 0. The van der Waals surface area contributed by atoms with Gasteiger partial charge in [-0.2, -0.15) is 0 Å². The van der Waals surface area contributed by atoms with Gasteiger partial charge < -0.3 is 14.4 Å². The summed E-state index contributed by atoms with van der Waals surface area (Å²) in [5, 5.41) is 0. The summed E-state index contributed by atoms with van der Waals surface area (Å²) in [6.45, 7) is 10.7. The minimum Gasteiger partial charge on any atom is -0.384 e. The fraction of sp³-hybridized carbons (Fsp3) is 0.968. The molecule has 0 N–H and O–H groups in total. The molecular weight excluding hydrogens is 434 g/mol. The van der Waals surface area contributed by atoms with Crippen LogP contribution in [0.3, 0.4) is 0 Å². The number of rotatable bonds is 6. The zero-order chi connectivity index (χ0) is 25.0. The number of carbonyl (C=O) groups excluding carboxylic acids is 1. The number of hydrogen-bond acceptors (Lipinski definition) is 4. The van der Waals surface area contributed by atoms with Crippen molar-refractivity contribution in [3.8, 4) is 0 Å². The summed E-state index contributed by atoms with van der Waals surface area (Å²) in [6, 6.07) is 0.875. The molecule has 4 heteroatoms. The first kappa shape index (κ1) is 29.1. The van der Waals surface area contributed by atoms with Crippen LogP contribution in [-0.2, 0) is 14.3 Å². The average molecular weight is 492 g/mol. The van der Waals surface area contributed by atoms with Gasteiger partial charge in [0.15, 0.2) is 5.78 Å². The Morgan fingerprint density at radius 1 is 0.971 bits per heavy atom. The first-order valence-electron chi connectivity index (χ1n) is 15.3. The Kier molecular flexibility index (Phi) is 13.1. The molecule has 0 aromatic rings. The number of nitrogens with zero attached hydrogens (tertiary/aromatic N) is 1. The number of Topliss-reactive ketones (excluding diaryl/α,β-unsaturated/α-hetero) is 1. The van der Waals surface area contributed by atoms with Gasteiger partial charge in [0.05, 0.1) is 6.10 Å². The Hall–Kier alpha value is -0.450. The Morgan fingerprint density at radius 3 is 2.34 bits per heavy atom. The number of likely N-dealkylation sites (tertiary alicyclic amines) is 1. The van der Waals surface area contributed by atoms with E-state index in [2.05, 4.69) is 25.7 Å². The van der Waals surface area contributed by atoms with Gasteiger partial charge in [-0.1, -0.05) is 40.0 Å². The molecule has 0 amide bonds. The van der Waals surface area contributed by atoms with Crippen molar-refractivity contribution in [3.05, 3.63) is 0 Å². The quantitative estimate of drug-likeness (QED) is 0.391. The molecule has 4 aliphatic rings. The van der Waals surface area contributed by atoms with E-state index in [0.717, 1.165) is 49.2 Å². The maximum absolute atomic E-state index is 12.2. The number of ether oxygens (including phenoxy) is 2. The first-order valence-corrected chi connectivity index (χ1v) is 15.3. The molecule has 2 saturated carbocycles. The lowest BCUT2D eigenvalue weighted by molar-refractivity contribution is -0.127. The van der Waals surface area contributed by atoms with Gasteiger partial charge in [-0.3, -0.25) is 4.79 Å². The predicted octanol–water partition coefficient (Wildman–Crippen LogP) is 7.29. The second-order valence-electron chi connectivity index (χ2n) is 12.7. The molecule has 2 aliphatic heterocycles. The number of fused-ring (bicyclic) bond motifs is 1. The highest BCUT2D eigenvalue weighted by molar-refractivity contribution is 5.79. The molecule has 4 atom stereocenters. The number of ketones is 1. The van der Waals surface area contributed by atoms with Crippen LogP contribution in [0.4, 0.5) is 0 Å². The summed E-state index contributed by atoms with van der Waals surface area (Å²) in [7, 11) is 1.74. The number of hydrogen-bond donors (Lipinski definition) is 0. The topological polar surface area (TPSA) is 38.8 Å². The van der Waals surface area contributed by atoms with Crippen molar-refractivity contribution in [1.29, 1.82) is 0 Å². The van der Waals surface area contributed by atoms with E-state index in [1.54, 1.807) is 7.11 Å². The van der Waals surface area contributed by atoms with Crippen LogP contribution in [-0.4, -0.2) is 56.2 Å². The largest absolute Gasteiger partial charge is 0.384 e. The fourth-order valence-corrected chi connectivity index (χ4v) is 7.10. The maximum Gasteiger partial charge on any atom is 0.158 e. The molecule has 2 saturated heterocycles. The first-order chi connectivity index (χ1) is 17.0. The molecular formula is C31H57NO3. The summed E-state index contributed by atoms with van der Waals surface area (Å²) in [5.74, 6) is 4.38. The van der Waals surface area contributed by atoms with Crippen LogP contribution in [0.2, 0.25) is 0 Å². The highest BCUT2D eigenvalue weighted by Crippen LogP contribution is 2.38. The van der Waals surface area contributed by atoms with Crippen LogP contribution in [0.15, 0.2) is 0 Å². The van der Waals surface area contributed by atoms with Crippen molar-refractivity contribution in [1.82, 2.24) is 4.90 Å². The third-order valence-corrected chi connectivity index (χ3v) is 9.73. The van der Waals surface area contributed by atoms with E-state index in [9.17, 15) is 4.79 Å². The number of piperidine rings is 1. The molecule has 0 aromatic heterocycles. The molecule has 4 nitrogen and oxygen atoms in total. The second kappa shape index (κ2) is 15.7. The van der Waals surface area contributed by atoms with Gasteiger partial charge in [0.25, 0.3) is 0 Å². The number of methoxy groups -OCH3 is 1. The Labute approximate surface area is 217 Å². The monoisotopic (exact) mass is 491 g/mol. The zero-order valence-corrected chi connectivity index (χ0v) is 23.6. The van der Waals surface area contributed by atoms with Crippen molar-refractivity contribution in [2.75, 3.05) is 33.4 Å². The minimum absolute atomic E-state index is 0.345. The molecule has 204 valence electrons. The molecule has 2 heterocycles. The molecule has 4 rings (SSSR count). The molecule has 2 aliphatic carbocycles. The second-order valence-corrected chi connectivity index (χ2v) is 12.7. The van der Waals surface area contributed by atoms with E-state index in [1.807, 2.05) is 0 Å². The summed E-state index contributed by atoms with van der Waals surface area (Å²) >= 11 is 0. The van der Waals surface area contributed by atoms with Crippen molar-refractivity contribution in [2.24, 2.45) is 29.6 Å². The van der Waals surface area contributed by atoms with Gasteiger partial charge in [0, 0.05) is 26.2 Å². The molecule has 2 unspecified atom stereocenters. The average Bonchev–Trinajstić information content (AvgIpc) is 2.95. The standard InChI is InChI=1S/C25H43NO2.C6H14O/c1-19-6-9-23(10-7-19)26-14-12-20(13-15-26)16-21-8-11-24(27)18-28-25-5-3-2-4-22(25)17-21;1-4-6(2)5-7-3/h19-23,25H,2-18H2,1H3;6H,4-5H2,1-3H3/t19?,21?,22-,23?,25+;/m1./s1. The molecule has 35 heavy (non-hydrogen) atoms. The van der Waals surface area contributed by atoms with Gasteiger partial charge in [-0.05, 0) is 113 Å². The predicted molar refractivity (Wildman–Crippen MR) is 146 cm³/mol. The maximum atomic E-state index is 12.2. The molecule has 0 bridgehead atoms. The lowest BCUT2D eigenvalue weighted by atomic mass is 9.75. The van der Waals surface area contributed by atoms with Crippen molar-refractivity contribution < 1.29 is 14.3 Å². The van der Waals surface area contributed by atoms with Crippen molar-refractivity contribution in [3.63, 3.8) is 0 Å². The highest BCUT2D eigenvalue weighted by atomic mass is 16.5. The third-order valence-electron chi connectivity index (χ3n) is 9.73. The lowest BCUT2D eigenvalue weighted by Crippen LogP contribution is -2.43. The van der Waals surface area contributed by atoms with E-state index in [1.165, 1.54) is 96.6 Å². The van der Waals surface area contributed by atoms with Crippen LogP contribution in [0.25, 0.3) is 0 Å². The minimum atomic E-state index is 0.345. The van der Waals surface area contributed by atoms with Crippen LogP contribution in [0.5, 0.6) is 0 Å². The number of carbonyl (C=O) groups is 1. The van der Waals surface area contributed by atoms with Crippen molar-refractivity contribution in [2.45, 2.75) is 129 Å².